The molecule has 148 valence electrons. The summed E-state index contributed by atoms with van der Waals surface area (Å²) >= 11 is 0. The fourth-order valence-electron chi connectivity index (χ4n) is 3.39. The van der Waals surface area contributed by atoms with Crippen molar-refractivity contribution in [1.29, 1.82) is 0 Å². The van der Waals surface area contributed by atoms with Crippen molar-refractivity contribution in [2.75, 3.05) is 23.9 Å². The fourth-order valence-corrected chi connectivity index (χ4v) is 3.39. The van der Waals surface area contributed by atoms with E-state index >= 15 is 0 Å². The monoisotopic (exact) mass is 392 g/mol. The molecule has 1 aliphatic heterocycles. The van der Waals surface area contributed by atoms with Crippen LogP contribution in [0.1, 0.15) is 12.2 Å². The van der Waals surface area contributed by atoms with Gasteiger partial charge >= 0.3 is 0 Å². The first-order valence-corrected chi connectivity index (χ1v) is 9.21. The summed E-state index contributed by atoms with van der Waals surface area (Å²) in [6, 6.07) is 14.5. The number of carbonyl (C=O) groups is 2. The molecule has 0 saturated carbocycles. The summed E-state index contributed by atoms with van der Waals surface area (Å²) in [6.07, 6.45) is 0.131. The summed E-state index contributed by atoms with van der Waals surface area (Å²) in [5.74, 6) is 0.602. The lowest BCUT2D eigenvalue weighted by molar-refractivity contribution is -0.122. The van der Waals surface area contributed by atoms with Crippen molar-refractivity contribution in [1.82, 2.24) is 10.1 Å². The summed E-state index contributed by atoms with van der Waals surface area (Å²) in [5.41, 5.74) is 1.86. The zero-order chi connectivity index (χ0) is 20.4. The molecule has 4 rings (SSSR count). The Morgan fingerprint density at radius 3 is 2.72 bits per heavy atom. The number of nitrogens with one attached hydrogen (secondary N) is 1. The summed E-state index contributed by atoms with van der Waals surface area (Å²) in [4.78, 5) is 31.3. The average molecular weight is 392 g/mol. The molecule has 2 heterocycles. The van der Waals surface area contributed by atoms with Gasteiger partial charge in [0.25, 0.3) is 5.89 Å². The number of rotatable bonds is 5. The maximum atomic E-state index is 12.9. The van der Waals surface area contributed by atoms with Crippen molar-refractivity contribution in [3.05, 3.63) is 54.4 Å². The molecular weight excluding hydrogens is 372 g/mol. The Kier molecular flexibility index (Phi) is 4.99. The van der Waals surface area contributed by atoms with E-state index in [9.17, 15) is 9.59 Å². The van der Waals surface area contributed by atoms with Crippen LogP contribution in [0.4, 0.5) is 11.4 Å². The van der Waals surface area contributed by atoms with Crippen molar-refractivity contribution < 1.29 is 18.8 Å². The van der Waals surface area contributed by atoms with Gasteiger partial charge in [-0.2, -0.15) is 4.98 Å². The van der Waals surface area contributed by atoms with Crippen LogP contribution in [0.25, 0.3) is 11.5 Å². The molecule has 29 heavy (non-hydrogen) atoms. The molecule has 0 unspecified atom stereocenters. The Balaban J connectivity index is 1.53. The quantitative estimate of drug-likeness (QED) is 0.717. The van der Waals surface area contributed by atoms with Gasteiger partial charge in [-0.1, -0.05) is 29.4 Å². The first-order chi connectivity index (χ1) is 14.1. The number of aromatic nitrogens is 2. The Labute approximate surface area is 167 Å². The van der Waals surface area contributed by atoms with Crippen molar-refractivity contribution >= 4 is 23.2 Å². The Morgan fingerprint density at radius 1 is 1.21 bits per heavy atom. The molecule has 1 aliphatic rings. The first-order valence-electron chi connectivity index (χ1n) is 9.21. The van der Waals surface area contributed by atoms with Gasteiger partial charge in [-0.25, -0.2) is 0 Å². The van der Waals surface area contributed by atoms with Gasteiger partial charge in [-0.15, -0.1) is 0 Å². The Bertz CT molecular complexity index is 1060. The van der Waals surface area contributed by atoms with Gasteiger partial charge in [-0.05, 0) is 31.2 Å². The van der Waals surface area contributed by atoms with Gasteiger partial charge in [0.1, 0.15) is 5.75 Å². The number of aryl methyl sites for hydroxylation is 1. The standard InChI is InChI=1S/C21H20N4O4/c1-13-22-21(29-24-13)15-7-3-4-8-16(15)23-20(27)14-11-19(26)25(12-14)17-9-5-6-10-18(17)28-2/h3-10,14H,11-12H2,1-2H3,(H,23,27)/t14-/m0/s1. The second-order valence-corrected chi connectivity index (χ2v) is 6.76. The molecule has 0 bridgehead atoms. The molecule has 1 saturated heterocycles. The molecule has 8 nitrogen and oxygen atoms in total. The van der Waals surface area contributed by atoms with Crippen LogP contribution in [0.5, 0.6) is 5.75 Å². The van der Waals surface area contributed by atoms with Crippen LogP contribution in [-0.2, 0) is 9.59 Å². The Hall–Kier alpha value is -3.68. The number of nitrogens with zero attached hydrogens (tertiary/aromatic N) is 3. The maximum absolute atomic E-state index is 12.9. The highest BCUT2D eigenvalue weighted by Crippen LogP contribution is 2.33. The highest BCUT2D eigenvalue weighted by molar-refractivity contribution is 6.05. The molecule has 8 heteroatoms. The smallest absolute Gasteiger partial charge is 0.260 e. The summed E-state index contributed by atoms with van der Waals surface area (Å²) in [5, 5.41) is 6.70. The summed E-state index contributed by atoms with van der Waals surface area (Å²) in [7, 11) is 1.56. The fraction of sp³-hybridized carbons (Fsp3) is 0.238. The summed E-state index contributed by atoms with van der Waals surface area (Å²) < 4.78 is 10.6. The lowest BCUT2D eigenvalue weighted by Gasteiger charge is -2.19. The van der Waals surface area contributed by atoms with Gasteiger partial charge in [0.2, 0.25) is 11.8 Å². The summed E-state index contributed by atoms with van der Waals surface area (Å²) in [6.45, 7) is 2.01. The zero-order valence-electron chi connectivity index (χ0n) is 16.1. The van der Waals surface area contributed by atoms with Crippen molar-refractivity contribution in [2.45, 2.75) is 13.3 Å². The molecule has 1 N–H and O–H groups in total. The molecular formula is C21H20N4O4. The number of amides is 2. The second-order valence-electron chi connectivity index (χ2n) is 6.76. The number of hydrogen-bond acceptors (Lipinski definition) is 6. The predicted molar refractivity (Wildman–Crippen MR) is 107 cm³/mol. The molecule has 0 radical (unpaired) electrons. The Morgan fingerprint density at radius 2 is 1.97 bits per heavy atom. The van der Waals surface area contributed by atoms with Crippen LogP contribution in [0, 0.1) is 12.8 Å². The second kappa shape index (κ2) is 7.75. The topological polar surface area (TPSA) is 97.6 Å². The molecule has 2 amide bonds. The van der Waals surface area contributed by atoms with E-state index in [1.807, 2.05) is 30.3 Å². The van der Waals surface area contributed by atoms with Crippen LogP contribution >= 0.6 is 0 Å². The van der Waals surface area contributed by atoms with E-state index in [0.717, 1.165) is 0 Å². The lowest BCUT2D eigenvalue weighted by atomic mass is 10.1. The number of para-hydroxylation sites is 3. The highest BCUT2D eigenvalue weighted by Gasteiger charge is 2.36. The first kappa shape index (κ1) is 18.7. The van der Waals surface area contributed by atoms with E-state index in [1.165, 1.54) is 0 Å². The molecule has 0 aliphatic carbocycles. The molecule has 0 spiro atoms. The van der Waals surface area contributed by atoms with Gasteiger partial charge in [0, 0.05) is 13.0 Å². The van der Waals surface area contributed by atoms with Crippen molar-refractivity contribution in [3.63, 3.8) is 0 Å². The SMILES string of the molecule is COc1ccccc1N1C[C@@H](C(=O)Nc2ccccc2-c2nc(C)no2)CC1=O. The molecule has 3 aromatic rings. The lowest BCUT2D eigenvalue weighted by Crippen LogP contribution is -2.28. The normalized spacial score (nSPS) is 16.1. The van der Waals surface area contributed by atoms with Gasteiger partial charge < -0.3 is 19.5 Å². The van der Waals surface area contributed by atoms with Crippen LogP contribution < -0.4 is 15.0 Å². The zero-order valence-corrected chi connectivity index (χ0v) is 16.1. The largest absolute Gasteiger partial charge is 0.495 e. The minimum absolute atomic E-state index is 0.115. The molecule has 1 aromatic heterocycles. The number of anilines is 2. The van der Waals surface area contributed by atoms with Gasteiger partial charge in [0.05, 0.1) is 30.0 Å². The number of hydrogen-bond donors (Lipinski definition) is 1. The molecule has 1 atom stereocenters. The van der Waals surface area contributed by atoms with Crippen LogP contribution in [-0.4, -0.2) is 35.6 Å². The van der Waals surface area contributed by atoms with E-state index in [2.05, 4.69) is 15.5 Å². The van der Waals surface area contributed by atoms with Crippen LogP contribution in [0.2, 0.25) is 0 Å². The number of benzene rings is 2. The van der Waals surface area contributed by atoms with E-state index in [4.69, 9.17) is 9.26 Å². The van der Waals surface area contributed by atoms with Crippen molar-refractivity contribution in [2.24, 2.45) is 5.92 Å². The van der Waals surface area contributed by atoms with E-state index < -0.39 is 5.92 Å². The van der Waals surface area contributed by atoms with E-state index in [1.54, 1.807) is 37.1 Å². The van der Waals surface area contributed by atoms with E-state index in [0.29, 0.717) is 34.4 Å². The third kappa shape index (κ3) is 3.69. The van der Waals surface area contributed by atoms with Gasteiger partial charge in [-0.3, -0.25) is 9.59 Å². The minimum Gasteiger partial charge on any atom is -0.495 e. The number of ether oxygens (including phenoxy) is 1. The molecule has 2 aromatic carbocycles. The molecule has 1 fully saturated rings. The average Bonchev–Trinajstić information content (AvgIpc) is 3.34. The van der Waals surface area contributed by atoms with Gasteiger partial charge in [0.15, 0.2) is 5.82 Å². The van der Waals surface area contributed by atoms with E-state index in [-0.39, 0.29) is 24.8 Å². The van der Waals surface area contributed by atoms with Crippen LogP contribution in [0.3, 0.4) is 0 Å². The number of methoxy groups -OCH3 is 1. The minimum atomic E-state index is -0.482. The van der Waals surface area contributed by atoms with Crippen molar-refractivity contribution in [3.8, 4) is 17.2 Å². The number of carbonyl (C=O) groups excluding carboxylic acids is 2. The van der Waals surface area contributed by atoms with Crippen LogP contribution in [0.15, 0.2) is 53.1 Å². The maximum Gasteiger partial charge on any atom is 0.260 e. The predicted octanol–water partition coefficient (Wildman–Crippen LogP) is 3.05. The third-order valence-corrected chi connectivity index (χ3v) is 4.81. The third-order valence-electron chi connectivity index (χ3n) is 4.81. The highest BCUT2D eigenvalue weighted by atomic mass is 16.5.